The van der Waals surface area contributed by atoms with Crippen LogP contribution in [0.1, 0.15) is 20.3 Å². The van der Waals surface area contributed by atoms with Gasteiger partial charge >= 0.3 is 0 Å². The molecule has 0 unspecified atom stereocenters. The number of rotatable bonds is 7. The third kappa shape index (κ3) is 3.53. The predicted molar refractivity (Wildman–Crippen MR) is 84.7 cm³/mol. The van der Waals surface area contributed by atoms with Crippen molar-refractivity contribution >= 4 is 10.0 Å². The lowest BCUT2D eigenvalue weighted by Crippen LogP contribution is -2.30. The van der Waals surface area contributed by atoms with Gasteiger partial charge in [0.1, 0.15) is 0 Å². The highest BCUT2D eigenvalue weighted by Crippen LogP contribution is 2.32. The first-order chi connectivity index (χ1) is 10.5. The summed E-state index contributed by atoms with van der Waals surface area (Å²) in [6.07, 6.45) is 0.811. The lowest BCUT2D eigenvalue weighted by atomic mass is 10.1. The van der Waals surface area contributed by atoms with Crippen molar-refractivity contribution in [3.8, 4) is 11.5 Å². The minimum Gasteiger partial charge on any atom is -0.490 e. The van der Waals surface area contributed by atoms with Crippen LogP contribution in [-0.4, -0.2) is 45.6 Å². The fraction of sp³-hybridized carbons (Fsp3) is 0.600. The van der Waals surface area contributed by atoms with Crippen molar-refractivity contribution in [2.45, 2.75) is 25.2 Å². The zero-order valence-electron chi connectivity index (χ0n) is 13.1. The molecule has 1 fully saturated rings. The summed E-state index contributed by atoms with van der Waals surface area (Å²) in [7, 11) is -3.51. The monoisotopic (exact) mass is 328 g/mol. The number of nitrogens with zero attached hydrogens (tertiary/aromatic N) is 1. The molecule has 2 rings (SSSR count). The molecule has 2 N–H and O–H groups in total. The van der Waals surface area contributed by atoms with E-state index in [0.717, 1.165) is 6.42 Å². The fourth-order valence-corrected chi connectivity index (χ4v) is 4.10. The van der Waals surface area contributed by atoms with E-state index in [-0.39, 0.29) is 10.8 Å². The van der Waals surface area contributed by atoms with Gasteiger partial charge in [-0.3, -0.25) is 0 Å². The van der Waals surface area contributed by atoms with Crippen LogP contribution in [0.5, 0.6) is 11.5 Å². The van der Waals surface area contributed by atoms with Gasteiger partial charge in [0, 0.05) is 19.2 Å². The molecular weight excluding hydrogens is 304 g/mol. The normalized spacial score (nSPS) is 19.3. The molecule has 1 aliphatic heterocycles. The summed E-state index contributed by atoms with van der Waals surface area (Å²) in [4.78, 5) is 0.233. The van der Waals surface area contributed by atoms with Crippen molar-refractivity contribution in [3.05, 3.63) is 18.2 Å². The first kappa shape index (κ1) is 17.1. The van der Waals surface area contributed by atoms with E-state index >= 15 is 0 Å². The Bertz CT molecular complexity index is 604. The van der Waals surface area contributed by atoms with Gasteiger partial charge in [-0.1, -0.05) is 0 Å². The summed E-state index contributed by atoms with van der Waals surface area (Å²) >= 11 is 0. The lowest BCUT2D eigenvalue weighted by Gasteiger charge is -2.18. The average molecular weight is 328 g/mol. The van der Waals surface area contributed by atoms with Gasteiger partial charge in [0.2, 0.25) is 10.0 Å². The van der Waals surface area contributed by atoms with Crippen LogP contribution in [0.25, 0.3) is 0 Å². The molecule has 0 bridgehead atoms. The molecule has 0 aromatic heterocycles. The van der Waals surface area contributed by atoms with Gasteiger partial charge in [-0.15, -0.1) is 0 Å². The van der Waals surface area contributed by atoms with Crippen LogP contribution in [0.15, 0.2) is 23.1 Å². The van der Waals surface area contributed by atoms with Gasteiger partial charge in [0.05, 0.1) is 18.1 Å². The molecule has 1 atom stereocenters. The Balaban J connectivity index is 2.29. The van der Waals surface area contributed by atoms with E-state index in [9.17, 15) is 8.42 Å². The summed E-state index contributed by atoms with van der Waals surface area (Å²) in [5.74, 6) is 1.26. The van der Waals surface area contributed by atoms with E-state index in [1.54, 1.807) is 18.2 Å². The summed E-state index contributed by atoms with van der Waals surface area (Å²) in [6, 6.07) is 4.76. The van der Waals surface area contributed by atoms with Crippen molar-refractivity contribution in [1.82, 2.24) is 4.31 Å². The number of nitrogens with two attached hydrogens (primary N) is 1. The predicted octanol–water partition coefficient (Wildman–Crippen LogP) is 1.45. The van der Waals surface area contributed by atoms with Gasteiger partial charge in [-0.2, -0.15) is 4.31 Å². The van der Waals surface area contributed by atoms with Gasteiger partial charge in [-0.25, -0.2) is 8.42 Å². The van der Waals surface area contributed by atoms with Crippen molar-refractivity contribution < 1.29 is 17.9 Å². The Morgan fingerprint density at radius 2 is 1.91 bits per heavy atom. The highest BCUT2D eigenvalue weighted by molar-refractivity contribution is 7.89. The minimum atomic E-state index is -3.51. The second-order valence-corrected chi connectivity index (χ2v) is 7.17. The highest BCUT2D eigenvalue weighted by Gasteiger charge is 2.32. The molecule has 0 amide bonds. The molecule has 0 spiro atoms. The number of hydrogen-bond acceptors (Lipinski definition) is 5. The SMILES string of the molecule is CCOc1ccc(S(=O)(=O)N2CC[C@@H](CN)C2)cc1OCC. The van der Waals surface area contributed by atoms with E-state index < -0.39 is 10.0 Å². The van der Waals surface area contributed by atoms with Crippen molar-refractivity contribution in [3.63, 3.8) is 0 Å². The van der Waals surface area contributed by atoms with Crippen LogP contribution in [0, 0.1) is 5.92 Å². The zero-order valence-corrected chi connectivity index (χ0v) is 13.9. The average Bonchev–Trinajstić information content (AvgIpc) is 2.99. The number of benzene rings is 1. The van der Waals surface area contributed by atoms with E-state index in [4.69, 9.17) is 15.2 Å². The van der Waals surface area contributed by atoms with Crippen molar-refractivity contribution in [2.75, 3.05) is 32.8 Å². The van der Waals surface area contributed by atoms with Crippen molar-refractivity contribution in [1.29, 1.82) is 0 Å². The van der Waals surface area contributed by atoms with Gasteiger partial charge in [0.25, 0.3) is 0 Å². The standard InChI is InChI=1S/C15H24N2O4S/c1-3-20-14-6-5-13(9-15(14)21-4-2)22(18,19)17-8-7-12(10-16)11-17/h5-6,9,12H,3-4,7-8,10-11,16H2,1-2H3/t12-/m0/s1. The third-order valence-electron chi connectivity index (χ3n) is 3.73. The van der Waals surface area contributed by atoms with Crippen molar-refractivity contribution in [2.24, 2.45) is 11.7 Å². The third-order valence-corrected chi connectivity index (χ3v) is 5.60. The second-order valence-electron chi connectivity index (χ2n) is 5.23. The maximum Gasteiger partial charge on any atom is 0.243 e. The highest BCUT2D eigenvalue weighted by atomic mass is 32.2. The van der Waals surface area contributed by atoms with E-state index in [2.05, 4.69) is 0 Å². The number of sulfonamides is 1. The Morgan fingerprint density at radius 3 is 2.50 bits per heavy atom. The van der Waals surface area contributed by atoms with E-state index in [1.165, 1.54) is 4.31 Å². The van der Waals surface area contributed by atoms with Crippen LogP contribution >= 0.6 is 0 Å². The van der Waals surface area contributed by atoms with Crippen LogP contribution in [0.2, 0.25) is 0 Å². The number of ether oxygens (including phenoxy) is 2. The smallest absolute Gasteiger partial charge is 0.243 e. The molecular formula is C15H24N2O4S. The quantitative estimate of drug-likeness (QED) is 0.819. The summed E-state index contributed by atoms with van der Waals surface area (Å²) in [6.45, 7) is 6.18. The molecule has 7 heteroatoms. The van der Waals surface area contributed by atoms with Gasteiger partial charge < -0.3 is 15.2 Å². The fourth-order valence-electron chi connectivity index (χ4n) is 2.55. The molecule has 1 aliphatic rings. The molecule has 0 saturated carbocycles. The Morgan fingerprint density at radius 1 is 1.23 bits per heavy atom. The molecule has 6 nitrogen and oxygen atoms in total. The Labute approximate surface area is 132 Å². The minimum absolute atomic E-state index is 0.233. The largest absolute Gasteiger partial charge is 0.490 e. The van der Waals surface area contributed by atoms with Gasteiger partial charge in [0.15, 0.2) is 11.5 Å². The lowest BCUT2D eigenvalue weighted by molar-refractivity contribution is 0.287. The van der Waals surface area contributed by atoms with E-state index in [0.29, 0.717) is 44.3 Å². The second kappa shape index (κ2) is 7.30. The molecule has 124 valence electrons. The Kier molecular flexibility index (Phi) is 5.66. The molecule has 1 saturated heterocycles. The molecule has 1 aromatic rings. The molecule has 0 radical (unpaired) electrons. The zero-order chi connectivity index (χ0) is 16.2. The molecule has 1 heterocycles. The maximum absolute atomic E-state index is 12.7. The summed E-state index contributed by atoms with van der Waals surface area (Å²) in [5.41, 5.74) is 5.64. The topological polar surface area (TPSA) is 81.9 Å². The molecule has 1 aromatic carbocycles. The van der Waals surface area contributed by atoms with E-state index in [1.807, 2.05) is 13.8 Å². The van der Waals surface area contributed by atoms with Gasteiger partial charge in [-0.05, 0) is 44.9 Å². The Hall–Kier alpha value is -1.31. The van der Waals surface area contributed by atoms with Crippen LogP contribution in [0.4, 0.5) is 0 Å². The number of hydrogen-bond donors (Lipinski definition) is 1. The van der Waals surface area contributed by atoms with Crippen LogP contribution in [-0.2, 0) is 10.0 Å². The summed E-state index contributed by atoms with van der Waals surface area (Å²) in [5, 5.41) is 0. The van der Waals surface area contributed by atoms with Crippen LogP contribution < -0.4 is 15.2 Å². The molecule has 0 aliphatic carbocycles. The first-order valence-electron chi connectivity index (χ1n) is 7.62. The molecule has 22 heavy (non-hydrogen) atoms. The maximum atomic E-state index is 12.7. The first-order valence-corrected chi connectivity index (χ1v) is 9.06. The summed E-state index contributed by atoms with van der Waals surface area (Å²) < 4.78 is 37.9. The van der Waals surface area contributed by atoms with Crippen LogP contribution in [0.3, 0.4) is 0 Å².